The fourth-order valence-electron chi connectivity index (χ4n) is 8.35. The van der Waals surface area contributed by atoms with Gasteiger partial charge in [-0.3, -0.25) is 4.57 Å². The highest BCUT2D eigenvalue weighted by Crippen LogP contribution is 2.43. The average Bonchev–Trinajstić information content (AvgIpc) is 3.77. The Kier molecular flexibility index (Phi) is 6.82. The van der Waals surface area contributed by atoms with Gasteiger partial charge in [-0.2, -0.15) is 0 Å². The standard InChI is InChI=1S/C50H32N4/c1-4-15-33(16-5-1)34-27-29-36(30-28-34)48-41-24-14-23-38(35-17-6-2-7-18-35)49(41)52-50(51-48)54-43-26-13-11-22-40(43)47-45(54)32-31-44-46(47)39-21-10-12-25-42(39)53(44)37-19-8-3-9-20-37/h1-32H. The van der Waals surface area contributed by atoms with E-state index >= 15 is 0 Å². The third kappa shape index (κ3) is 4.64. The largest absolute Gasteiger partial charge is 0.309 e. The van der Waals surface area contributed by atoms with E-state index in [0.717, 1.165) is 50.0 Å². The second-order valence-electron chi connectivity index (χ2n) is 13.8. The van der Waals surface area contributed by atoms with Crippen LogP contribution in [-0.4, -0.2) is 19.1 Å². The number of nitrogens with zero attached hydrogens (tertiary/aromatic N) is 4. The SMILES string of the molecule is c1ccc(-c2ccc(-c3nc(-n4c5ccccc5c5c6c7ccccc7n(-c7ccccc7)c6ccc54)nc4c(-c5ccccc5)cccc34)cc2)cc1. The quantitative estimate of drug-likeness (QED) is 0.180. The summed E-state index contributed by atoms with van der Waals surface area (Å²) >= 11 is 0. The van der Waals surface area contributed by atoms with Crippen LogP contribution in [0.1, 0.15) is 0 Å². The second-order valence-corrected chi connectivity index (χ2v) is 13.8. The number of benzene rings is 8. The highest BCUT2D eigenvalue weighted by atomic mass is 15.2. The van der Waals surface area contributed by atoms with Crippen molar-refractivity contribution in [1.29, 1.82) is 0 Å². The monoisotopic (exact) mass is 688 g/mol. The minimum absolute atomic E-state index is 0.644. The maximum Gasteiger partial charge on any atom is 0.235 e. The molecule has 4 nitrogen and oxygen atoms in total. The van der Waals surface area contributed by atoms with Crippen molar-refractivity contribution in [2.75, 3.05) is 0 Å². The summed E-state index contributed by atoms with van der Waals surface area (Å²) in [5, 5.41) is 5.83. The predicted molar refractivity (Wildman–Crippen MR) is 225 cm³/mol. The summed E-state index contributed by atoms with van der Waals surface area (Å²) in [4.78, 5) is 11.0. The minimum Gasteiger partial charge on any atom is -0.309 e. The summed E-state index contributed by atoms with van der Waals surface area (Å²) in [6.45, 7) is 0. The van der Waals surface area contributed by atoms with Crippen LogP contribution in [0.3, 0.4) is 0 Å². The van der Waals surface area contributed by atoms with Crippen LogP contribution in [-0.2, 0) is 0 Å². The van der Waals surface area contributed by atoms with E-state index in [9.17, 15) is 0 Å². The molecule has 252 valence electrons. The van der Waals surface area contributed by atoms with Gasteiger partial charge in [0.1, 0.15) is 0 Å². The first-order valence-corrected chi connectivity index (χ1v) is 18.3. The number of fused-ring (bicyclic) bond motifs is 8. The molecule has 11 aromatic rings. The molecular formula is C50H32N4. The first kappa shape index (κ1) is 30.3. The molecule has 54 heavy (non-hydrogen) atoms. The Morgan fingerprint density at radius 1 is 0.315 bits per heavy atom. The van der Waals surface area contributed by atoms with Gasteiger partial charge in [0, 0.05) is 43.7 Å². The number of rotatable bonds is 5. The van der Waals surface area contributed by atoms with Crippen LogP contribution in [0, 0.1) is 0 Å². The summed E-state index contributed by atoms with van der Waals surface area (Å²) in [5.41, 5.74) is 13.1. The molecule has 0 unspecified atom stereocenters. The molecule has 0 spiro atoms. The molecule has 0 atom stereocenters. The van der Waals surface area contributed by atoms with Gasteiger partial charge in [-0.25, -0.2) is 9.97 Å². The van der Waals surface area contributed by atoms with E-state index in [1.807, 2.05) is 0 Å². The Labute approximate surface area is 311 Å². The van der Waals surface area contributed by atoms with E-state index in [1.54, 1.807) is 0 Å². The number of aromatic nitrogens is 4. The molecule has 0 amide bonds. The van der Waals surface area contributed by atoms with Crippen LogP contribution in [0.15, 0.2) is 194 Å². The van der Waals surface area contributed by atoms with Crippen molar-refractivity contribution in [3.8, 4) is 45.1 Å². The summed E-state index contributed by atoms with van der Waals surface area (Å²) in [6.07, 6.45) is 0. The van der Waals surface area contributed by atoms with Gasteiger partial charge in [-0.1, -0.05) is 158 Å². The molecule has 0 bridgehead atoms. The van der Waals surface area contributed by atoms with E-state index in [1.165, 1.54) is 43.7 Å². The summed E-state index contributed by atoms with van der Waals surface area (Å²) in [6, 6.07) is 68.9. The lowest BCUT2D eigenvalue weighted by atomic mass is 9.98. The lowest BCUT2D eigenvalue weighted by Crippen LogP contribution is -2.04. The highest BCUT2D eigenvalue weighted by molar-refractivity contribution is 6.28. The molecule has 0 aliphatic rings. The molecular weight excluding hydrogens is 657 g/mol. The van der Waals surface area contributed by atoms with E-state index < -0.39 is 0 Å². The van der Waals surface area contributed by atoms with Crippen LogP contribution in [0.2, 0.25) is 0 Å². The zero-order valence-electron chi connectivity index (χ0n) is 29.3. The molecule has 4 heteroatoms. The smallest absolute Gasteiger partial charge is 0.235 e. The third-order valence-electron chi connectivity index (χ3n) is 10.8. The van der Waals surface area contributed by atoms with Crippen LogP contribution in [0.4, 0.5) is 0 Å². The van der Waals surface area contributed by atoms with E-state index in [4.69, 9.17) is 9.97 Å². The fourth-order valence-corrected chi connectivity index (χ4v) is 8.35. The topological polar surface area (TPSA) is 35.6 Å². The Balaban J connectivity index is 1.23. The van der Waals surface area contributed by atoms with Crippen LogP contribution in [0.25, 0.3) is 99.7 Å². The van der Waals surface area contributed by atoms with Crippen molar-refractivity contribution < 1.29 is 0 Å². The highest BCUT2D eigenvalue weighted by Gasteiger charge is 2.23. The van der Waals surface area contributed by atoms with E-state index in [0.29, 0.717) is 5.95 Å². The van der Waals surface area contributed by atoms with Gasteiger partial charge in [0.05, 0.1) is 33.3 Å². The van der Waals surface area contributed by atoms with Crippen LogP contribution < -0.4 is 0 Å². The van der Waals surface area contributed by atoms with Crippen molar-refractivity contribution in [3.05, 3.63) is 194 Å². The van der Waals surface area contributed by atoms with Gasteiger partial charge in [0.25, 0.3) is 0 Å². The zero-order chi connectivity index (χ0) is 35.6. The maximum atomic E-state index is 5.49. The van der Waals surface area contributed by atoms with Crippen molar-refractivity contribution >= 4 is 54.5 Å². The second kappa shape index (κ2) is 12.1. The summed E-state index contributed by atoms with van der Waals surface area (Å²) < 4.78 is 4.65. The first-order chi connectivity index (χ1) is 26.8. The maximum absolute atomic E-state index is 5.49. The van der Waals surface area contributed by atoms with Crippen molar-refractivity contribution in [2.24, 2.45) is 0 Å². The van der Waals surface area contributed by atoms with Crippen LogP contribution >= 0.6 is 0 Å². The molecule has 8 aromatic carbocycles. The average molecular weight is 689 g/mol. The molecule has 0 aliphatic heterocycles. The molecule has 0 radical (unpaired) electrons. The van der Waals surface area contributed by atoms with Gasteiger partial charge in [0.15, 0.2) is 0 Å². The van der Waals surface area contributed by atoms with E-state index in [2.05, 4.69) is 203 Å². The molecule has 0 saturated carbocycles. The van der Waals surface area contributed by atoms with Gasteiger partial charge in [0.2, 0.25) is 5.95 Å². The lowest BCUT2D eigenvalue weighted by molar-refractivity contribution is 1.01. The number of hydrogen-bond donors (Lipinski definition) is 0. The van der Waals surface area contributed by atoms with Gasteiger partial charge < -0.3 is 4.57 Å². The molecule has 3 heterocycles. The summed E-state index contributed by atoms with van der Waals surface area (Å²) in [5.74, 6) is 0.644. The van der Waals surface area contributed by atoms with Crippen LogP contribution in [0.5, 0.6) is 0 Å². The van der Waals surface area contributed by atoms with Gasteiger partial charge in [-0.05, 0) is 53.1 Å². The molecule has 3 aromatic heterocycles. The predicted octanol–water partition coefficient (Wildman–Crippen LogP) is 12.8. The summed E-state index contributed by atoms with van der Waals surface area (Å²) in [7, 11) is 0. The normalized spacial score (nSPS) is 11.7. The Morgan fingerprint density at radius 3 is 1.48 bits per heavy atom. The third-order valence-corrected chi connectivity index (χ3v) is 10.8. The van der Waals surface area contributed by atoms with Crippen molar-refractivity contribution in [2.45, 2.75) is 0 Å². The fraction of sp³-hybridized carbons (Fsp3) is 0. The van der Waals surface area contributed by atoms with Gasteiger partial charge >= 0.3 is 0 Å². The molecule has 0 aliphatic carbocycles. The number of hydrogen-bond acceptors (Lipinski definition) is 2. The zero-order valence-corrected chi connectivity index (χ0v) is 29.3. The van der Waals surface area contributed by atoms with E-state index in [-0.39, 0.29) is 0 Å². The van der Waals surface area contributed by atoms with Crippen molar-refractivity contribution in [1.82, 2.24) is 19.1 Å². The molecule has 11 rings (SSSR count). The van der Waals surface area contributed by atoms with Crippen molar-refractivity contribution in [3.63, 3.8) is 0 Å². The van der Waals surface area contributed by atoms with Gasteiger partial charge in [-0.15, -0.1) is 0 Å². The molecule has 0 fully saturated rings. The first-order valence-electron chi connectivity index (χ1n) is 18.3. The Hall–Kier alpha value is -7.30. The molecule has 0 saturated heterocycles. The minimum atomic E-state index is 0.644. The lowest BCUT2D eigenvalue weighted by Gasteiger charge is -2.14. The Morgan fingerprint density at radius 2 is 0.815 bits per heavy atom. The number of para-hydroxylation sites is 4. The molecule has 0 N–H and O–H groups in total. The Bertz CT molecular complexity index is 3180.